The minimum absolute atomic E-state index is 0.0395. The van der Waals surface area contributed by atoms with Gasteiger partial charge in [0.05, 0.1) is 11.1 Å². The predicted octanol–water partition coefficient (Wildman–Crippen LogP) is 4.00. The van der Waals surface area contributed by atoms with Crippen molar-refractivity contribution in [1.29, 1.82) is 10.7 Å². The Morgan fingerprint density at radius 2 is 1.90 bits per heavy atom. The summed E-state index contributed by atoms with van der Waals surface area (Å²) >= 11 is 0. The molecule has 0 atom stereocenters. The van der Waals surface area contributed by atoms with E-state index in [9.17, 15) is 23.2 Å². The lowest BCUT2D eigenvalue weighted by atomic mass is 10.1. The minimum Gasteiger partial charge on any atom is -0.399 e. The molecule has 9 heteroatoms. The molecule has 0 unspecified atom stereocenters. The van der Waals surface area contributed by atoms with E-state index >= 15 is 0 Å². The van der Waals surface area contributed by atoms with Gasteiger partial charge in [-0.25, -0.2) is 0 Å². The van der Waals surface area contributed by atoms with E-state index in [1.54, 1.807) is 24.3 Å². The number of nitrogens with one attached hydrogen (secondary N) is 3. The highest BCUT2D eigenvalue weighted by Gasteiger charge is 2.31. The number of nitriles is 1. The van der Waals surface area contributed by atoms with E-state index in [1.807, 2.05) is 12.1 Å². The number of amides is 1. The molecule has 0 fully saturated rings. The molecule has 0 spiro atoms. The average Bonchev–Trinajstić information content (AvgIpc) is 2.69. The third kappa shape index (κ3) is 6.24. The Bertz CT molecular complexity index is 1040. The van der Waals surface area contributed by atoms with Gasteiger partial charge in [-0.3, -0.25) is 10.2 Å². The minimum atomic E-state index is -4.57. The van der Waals surface area contributed by atoms with Gasteiger partial charge in [0.1, 0.15) is 11.8 Å². The van der Waals surface area contributed by atoms with Crippen molar-refractivity contribution in [2.75, 3.05) is 11.1 Å². The monoisotopic (exact) mass is 413 g/mol. The molecule has 0 saturated heterocycles. The summed E-state index contributed by atoms with van der Waals surface area (Å²) in [5.41, 5.74) is 4.84. The number of halogens is 3. The third-order valence-electron chi connectivity index (χ3n) is 3.84. The Morgan fingerprint density at radius 1 is 1.23 bits per heavy atom. The third-order valence-corrected chi connectivity index (χ3v) is 3.84. The van der Waals surface area contributed by atoms with Gasteiger partial charge in [0, 0.05) is 23.6 Å². The maximum atomic E-state index is 12.9. The van der Waals surface area contributed by atoms with Crippen LogP contribution in [0, 0.1) is 16.7 Å². The lowest BCUT2D eigenvalue weighted by molar-refractivity contribution is -0.137. The van der Waals surface area contributed by atoms with Crippen LogP contribution in [0.3, 0.4) is 0 Å². The van der Waals surface area contributed by atoms with E-state index in [0.717, 1.165) is 18.2 Å². The summed E-state index contributed by atoms with van der Waals surface area (Å²) in [6.07, 6.45) is -3.55. The summed E-state index contributed by atoms with van der Waals surface area (Å²) in [4.78, 5) is 12.1. The Hall–Kier alpha value is -4.06. The number of allylic oxidation sites excluding steroid dienone is 1. The second-order valence-electron chi connectivity index (χ2n) is 6.20. The Balaban J connectivity index is 2.04. The molecule has 154 valence electrons. The predicted molar refractivity (Wildman–Crippen MR) is 108 cm³/mol. The van der Waals surface area contributed by atoms with Crippen LogP contribution in [0.25, 0.3) is 0 Å². The summed E-state index contributed by atoms with van der Waals surface area (Å²) < 4.78 is 38.6. The summed E-state index contributed by atoms with van der Waals surface area (Å²) in [7, 11) is 0. The summed E-state index contributed by atoms with van der Waals surface area (Å²) in [6, 6.07) is 13.7. The van der Waals surface area contributed by atoms with Crippen molar-refractivity contribution < 1.29 is 18.0 Å². The molecule has 0 bridgehead atoms. The number of para-hydroxylation sites is 1. The Morgan fingerprint density at radius 3 is 2.50 bits per heavy atom. The lowest BCUT2D eigenvalue weighted by Crippen LogP contribution is -2.29. The van der Waals surface area contributed by atoms with Gasteiger partial charge >= 0.3 is 6.18 Å². The molecule has 0 aliphatic rings. The molecule has 0 aliphatic heterocycles. The second kappa shape index (κ2) is 9.43. The Labute approximate surface area is 171 Å². The molecule has 0 radical (unpaired) electrons. The number of alkyl halides is 3. The fraction of sp³-hybridized carbons (Fsp3) is 0.0952. The van der Waals surface area contributed by atoms with E-state index in [0.29, 0.717) is 5.69 Å². The first-order valence-electron chi connectivity index (χ1n) is 8.56. The van der Waals surface area contributed by atoms with Crippen LogP contribution in [0.5, 0.6) is 0 Å². The number of nitrogens with two attached hydrogens (primary N) is 1. The lowest BCUT2D eigenvalue weighted by Gasteiger charge is -2.11. The molecule has 6 nitrogen and oxygen atoms in total. The molecule has 5 N–H and O–H groups in total. The number of nitrogen functional groups attached to an aromatic ring is 1. The van der Waals surface area contributed by atoms with Crippen molar-refractivity contribution in [2.24, 2.45) is 0 Å². The number of hydrogen-bond acceptors (Lipinski definition) is 5. The number of anilines is 2. The second-order valence-corrected chi connectivity index (χ2v) is 6.20. The van der Waals surface area contributed by atoms with Crippen LogP contribution in [0.15, 0.2) is 72.5 Å². The van der Waals surface area contributed by atoms with Crippen LogP contribution in [0.1, 0.15) is 11.1 Å². The number of hydrogen-bond donors (Lipinski definition) is 4. The van der Waals surface area contributed by atoms with Crippen molar-refractivity contribution >= 4 is 23.0 Å². The van der Waals surface area contributed by atoms with Crippen molar-refractivity contribution in [2.45, 2.75) is 12.7 Å². The first-order valence-corrected chi connectivity index (χ1v) is 8.56. The normalized spacial score (nSPS) is 11.3. The van der Waals surface area contributed by atoms with Crippen molar-refractivity contribution in [1.82, 2.24) is 5.32 Å². The molecule has 0 saturated carbocycles. The first-order chi connectivity index (χ1) is 14.1. The van der Waals surface area contributed by atoms with E-state index in [1.165, 1.54) is 6.07 Å². The quantitative estimate of drug-likeness (QED) is 0.238. The fourth-order valence-electron chi connectivity index (χ4n) is 2.42. The average molecular weight is 413 g/mol. The molecule has 2 rings (SSSR count). The van der Waals surface area contributed by atoms with Crippen molar-refractivity contribution in [3.8, 4) is 6.07 Å². The zero-order valence-corrected chi connectivity index (χ0v) is 15.7. The van der Waals surface area contributed by atoms with E-state index in [-0.39, 0.29) is 29.1 Å². The van der Waals surface area contributed by atoms with Gasteiger partial charge in [0.15, 0.2) is 0 Å². The topological polar surface area (TPSA) is 115 Å². The van der Waals surface area contributed by atoms with E-state index in [4.69, 9.17) is 11.1 Å². The smallest absolute Gasteiger partial charge is 0.399 e. The SMILES string of the molecule is C=C(Nc1ccccc1)/C(C#N)=C\C(=N)C(=O)NCc1cc(N)cc(C(F)(F)F)c1. The molecule has 2 aromatic carbocycles. The Kier molecular flexibility index (Phi) is 6.99. The van der Waals surface area contributed by atoms with Crippen LogP contribution in [-0.4, -0.2) is 11.6 Å². The standard InChI is InChI=1S/C21H18F3N5O/c1-13(29-18-5-3-2-4-6-18)15(11-25)9-19(27)20(30)28-12-14-7-16(21(22,23)24)10-17(26)8-14/h2-10,27,29H,1,12,26H2,(H,28,30)/b15-9-,27-19?. The molecule has 0 aliphatic carbocycles. The summed E-state index contributed by atoms with van der Waals surface area (Å²) in [6.45, 7) is 3.45. The van der Waals surface area contributed by atoms with Crippen LogP contribution < -0.4 is 16.4 Å². The van der Waals surface area contributed by atoms with E-state index < -0.39 is 23.4 Å². The van der Waals surface area contributed by atoms with Gasteiger partial charge in [-0.05, 0) is 42.0 Å². The van der Waals surface area contributed by atoms with E-state index in [2.05, 4.69) is 17.2 Å². The maximum Gasteiger partial charge on any atom is 0.416 e. The van der Waals surface area contributed by atoms with Crippen LogP contribution >= 0.6 is 0 Å². The molecule has 0 heterocycles. The van der Waals surface area contributed by atoms with Gasteiger partial charge in [-0.15, -0.1) is 0 Å². The number of carbonyl (C=O) groups excluding carboxylic acids is 1. The largest absolute Gasteiger partial charge is 0.416 e. The van der Waals surface area contributed by atoms with Crippen LogP contribution in [-0.2, 0) is 17.5 Å². The summed E-state index contributed by atoms with van der Waals surface area (Å²) in [5.74, 6) is -0.869. The van der Waals surface area contributed by atoms with Crippen molar-refractivity contribution in [3.63, 3.8) is 0 Å². The highest BCUT2D eigenvalue weighted by atomic mass is 19.4. The van der Waals surface area contributed by atoms with Gasteiger partial charge in [0.25, 0.3) is 5.91 Å². The molecular formula is C21H18F3N5O. The highest BCUT2D eigenvalue weighted by Crippen LogP contribution is 2.31. The number of nitrogens with zero attached hydrogens (tertiary/aromatic N) is 1. The molecule has 2 aromatic rings. The number of rotatable bonds is 7. The zero-order valence-electron chi connectivity index (χ0n) is 15.7. The zero-order chi connectivity index (χ0) is 22.3. The molecular weight excluding hydrogens is 395 g/mol. The molecule has 30 heavy (non-hydrogen) atoms. The van der Waals surface area contributed by atoms with Gasteiger partial charge in [0.2, 0.25) is 0 Å². The summed E-state index contributed by atoms with van der Waals surface area (Å²) in [5, 5.41) is 22.3. The highest BCUT2D eigenvalue weighted by molar-refractivity contribution is 6.42. The molecule has 1 amide bonds. The van der Waals surface area contributed by atoms with Gasteiger partial charge in [-0.1, -0.05) is 24.8 Å². The maximum absolute atomic E-state index is 12.9. The molecule has 0 aromatic heterocycles. The number of carbonyl (C=O) groups is 1. The van der Waals surface area contributed by atoms with Crippen LogP contribution in [0.4, 0.5) is 24.5 Å². The first kappa shape index (κ1) is 22.2. The number of benzene rings is 2. The van der Waals surface area contributed by atoms with Gasteiger partial charge < -0.3 is 16.4 Å². The van der Waals surface area contributed by atoms with Gasteiger partial charge in [-0.2, -0.15) is 18.4 Å². The fourth-order valence-corrected chi connectivity index (χ4v) is 2.42. The van der Waals surface area contributed by atoms with Crippen LogP contribution in [0.2, 0.25) is 0 Å². The van der Waals surface area contributed by atoms with Crippen molar-refractivity contribution in [3.05, 3.63) is 83.6 Å².